The van der Waals surface area contributed by atoms with E-state index in [4.69, 9.17) is 0 Å². The van der Waals surface area contributed by atoms with Crippen LogP contribution in [-0.2, 0) is 9.84 Å². The van der Waals surface area contributed by atoms with Gasteiger partial charge in [-0.05, 0) is 75.3 Å². The van der Waals surface area contributed by atoms with E-state index in [-0.39, 0.29) is 0 Å². The van der Waals surface area contributed by atoms with Crippen LogP contribution in [0.3, 0.4) is 0 Å². The smallest absolute Gasteiger partial charge is 0.152 e. The van der Waals surface area contributed by atoms with E-state index < -0.39 is 9.84 Å². The first-order chi connectivity index (χ1) is 15.6. The number of piperidine rings is 1. The minimum Gasteiger partial charge on any atom is -0.316 e. The van der Waals surface area contributed by atoms with Gasteiger partial charge >= 0.3 is 0 Å². The SMILES string of the molecule is O=S1(=O)CCN(C2CC(C3CCCCC3)CC(C3CCN(CC4CCCNC4)N3)C2)CC1. The van der Waals surface area contributed by atoms with Gasteiger partial charge in [0.05, 0.1) is 11.5 Å². The summed E-state index contributed by atoms with van der Waals surface area (Å²) in [6.07, 6.45) is 15.1. The van der Waals surface area contributed by atoms with Crippen LogP contribution in [-0.4, -0.2) is 81.2 Å². The van der Waals surface area contributed by atoms with Gasteiger partial charge in [-0.3, -0.25) is 10.3 Å². The van der Waals surface area contributed by atoms with Crippen LogP contribution in [0.25, 0.3) is 0 Å². The number of hydrogen-bond acceptors (Lipinski definition) is 6. The summed E-state index contributed by atoms with van der Waals surface area (Å²) in [5.74, 6) is 4.03. The molecule has 5 unspecified atom stereocenters. The van der Waals surface area contributed by atoms with Gasteiger partial charge in [0.1, 0.15) is 0 Å². The number of nitrogens with zero attached hydrogens (tertiary/aromatic N) is 2. The van der Waals surface area contributed by atoms with Crippen molar-refractivity contribution in [2.24, 2.45) is 23.7 Å². The molecule has 32 heavy (non-hydrogen) atoms. The van der Waals surface area contributed by atoms with Crippen molar-refractivity contribution in [3.05, 3.63) is 0 Å². The Balaban J connectivity index is 1.22. The molecule has 3 aliphatic heterocycles. The van der Waals surface area contributed by atoms with Gasteiger partial charge in [0.15, 0.2) is 9.84 Å². The van der Waals surface area contributed by atoms with Gasteiger partial charge in [-0.1, -0.05) is 32.1 Å². The lowest BCUT2D eigenvalue weighted by molar-refractivity contribution is 0.0528. The molecule has 0 aromatic carbocycles. The first kappa shape index (κ1) is 23.5. The summed E-state index contributed by atoms with van der Waals surface area (Å²) in [5, 5.41) is 6.11. The average Bonchev–Trinajstić information content (AvgIpc) is 3.28. The molecule has 5 rings (SSSR count). The third-order valence-corrected chi connectivity index (χ3v) is 11.1. The van der Waals surface area contributed by atoms with Crippen LogP contribution >= 0.6 is 0 Å². The number of nitrogens with one attached hydrogen (secondary N) is 2. The molecule has 0 bridgehead atoms. The van der Waals surface area contributed by atoms with Crippen molar-refractivity contribution in [1.29, 1.82) is 0 Å². The standard InChI is InChI=1S/C25H46N4O2S/c30-32(31)13-11-28(12-14-32)24-16-22(21-6-2-1-3-7-21)15-23(17-24)25-8-10-29(27-25)19-20-5-4-9-26-18-20/h20-27H,1-19H2. The van der Waals surface area contributed by atoms with E-state index in [9.17, 15) is 8.42 Å². The Labute approximate surface area is 196 Å². The second-order valence-electron chi connectivity index (χ2n) is 11.6. The normalized spacial score (nSPS) is 40.4. The molecule has 2 saturated carbocycles. The lowest BCUT2D eigenvalue weighted by Crippen LogP contribution is -2.52. The number of hydrogen-bond donors (Lipinski definition) is 2. The Morgan fingerprint density at radius 1 is 0.781 bits per heavy atom. The average molecular weight is 467 g/mol. The Morgan fingerprint density at radius 2 is 1.56 bits per heavy atom. The van der Waals surface area contributed by atoms with E-state index in [1.165, 1.54) is 96.8 Å². The van der Waals surface area contributed by atoms with Gasteiger partial charge in [-0.25, -0.2) is 13.4 Å². The van der Waals surface area contributed by atoms with E-state index in [2.05, 4.69) is 20.7 Å². The second kappa shape index (κ2) is 10.6. The predicted octanol–water partition coefficient (Wildman–Crippen LogP) is 2.66. The molecule has 3 saturated heterocycles. The third kappa shape index (κ3) is 5.88. The lowest BCUT2D eigenvalue weighted by Gasteiger charge is -2.46. The van der Waals surface area contributed by atoms with E-state index in [1.807, 2.05) is 0 Å². The van der Waals surface area contributed by atoms with Crippen LogP contribution in [0.1, 0.15) is 70.6 Å². The Bertz CT molecular complexity index is 691. The van der Waals surface area contributed by atoms with Gasteiger partial charge in [0.25, 0.3) is 0 Å². The molecular weight excluding hydrogens is 420 g/mol. The molecule has 0 aromatic rings. The number of sulfone groups is 1. The fraction of sp³-hybridized carbons (Fsp3) is 1.00. The number of rotatable bonds is 5. The van der Waals surface area contributed by atoms with Crippen LogP contribution in [0, 0.1) is 23.7 Å². The third-order valence-electron chi connectivity index (χ3n) is 9.47. The summed E-state index contributed by atoms with van der Waals surface area (Å²) in [6, 6.07) is 1.21. The monoisotopic (exact) mass is 466 g/mol. The molecule has 0 aromatic heterocycles. The summed E-state index contributed by atoms with van der Waals surface area (Å²) in [4.78, 5) is 2.56. The number of hydrazine groups is 1. The predicted molar refractivity (Wildman–Crippen MR) is 130 cm³/mol. The van der Waals surface area contributed by atoms with E-state index in [1.54, 1.807) is 0 Å². The summed E-state index contributed by atoms with van der Waals surface area (Å²) < 4.78 is 24.0. The van der Waals surface area contributed by atoms with Crippen LogP contribution < -0.4 is 10.7 Å². The van der Waals surface area contributed by atoms with Crippen molar-refractivity contribution in [1.82, 2.24) is 20.7 Å². The Hall–Kier alpha value is -0.210. The fourth-order valence-electron chi connectivity index (χ4n) is 7.62. The zero-order valence-electron chi connectivity index (χ0n) is 20.0. The molecule has 6 nitrogen and oxygen atoms in total. The van der Waals surface area contributed by atoms with E-state index in [0.717, 1.165) is 36.8 Å². The molecule has 3 heterocycles. The van der Waals surface area contributed by atoms with Crippen molar-refractivity contribution < 1.29 is 8.42 Å². The molecule has 2 N–H and O–H groups in total. The molecule has 0 amide bonds. The van der Waals surface area contributed by atoms with Gasteiger partial charge in [-0.2, -0.15) is 0 Å². The highest BCUT2D eigenvalue weighted by Gasteiger charge is 2.41. The minimum atomic E-state index is -2.80. The van der Waals surface area contributed by atoms with Crippen molar-refractivity contribution in [2.75, 3.05) is 50.8 Å². The quantitative estimate of drug-likeness (QED) is 0.650. The van der Waals surface area contributed by atoms with E-state index >= 15 is 0 Å². The van der Waals surface area contributed by atoms with Crippen molar-refractivity contribution in [3.63, 3.8) is 0 Å². The highest BCUT2D eigenvalue weighted by Crippen LogP contribution is 2.43. The molecule has 5 atom stereocenters. The lowest BCUT2D eigenvalue weighted by atomic mass is 9.67. The Kier molecular flexibility index (Phi) is 7.79. The van der Waals surface area contributed by atoms with Gasteiger partial charge < -0.3 is 5.32 Å². The van der Waals surface area contributed by atoms with Crippen LogP contribution in [0.4, 0.5) is 0 Å². The first-order valence-electron chi connectivity index (χ1n) is 13.7. The molecule has 5 aliphatic rings. The minimum absolute atomic E-state index is 0.368. The maximum Gasteiger partial charge on any atom is 0.152 e. The summed E-state index contributed by atoms with van der Waals surface area (Å²) in [7, 11) is -2.80. The summed E-state index contributed by atoms with van der Waals surface area (Å²) >= 11 is 0. The van der Waals surface area contributed by atoms with Gasteiger partial charge in [-0.15, -0.1) is 0 Å². The fourth-order valence-corrected chi connectivity index (χ4v) is 8.85. The highest BCUT2D eigenvalue weighted by atomic mass is 32.2. The molecule has 0 radical (unpaired) electrons. The van der Waals surface area contributed by atoms with E-state index in [0.29, 0.717) is 23.6 Å². The zero-order chi connectivity index (χ0) is 22.0. The van der Waals surface area contributed by atoms with Crippen molar-refractivity contribution in [2.45, 2.75) is 82.7 Å². The second-order valence-corrected chi connectivity index (χ2v) is 14.0. The zero-order valence-corrected chi connectivity index (χ0v) is 20.8. The van der Waals surface area contributed by atoms with Crippen molar-refractivity contribution in [3.8, 4) is 0 Å². The molecule has 2 aliphatic carbocycles. The molecule has 7 heteroatoms. The first-order valence-corrected chi connectivity index (χ1v) is 15.5. The summed E-state index contributed by atoms with van der Waals surface area (Å²) in [6.45, 7) is 6.27. The molecule has 184 valence electrons. The van der Waals surface area contributed by atoms with Crippen LogP contribution in [0.5, 0.6) is 0 Å². The topological polar surface area (TPSA) is 64.7 Å². The largest absolute Gasteiger partial charge is 0.316 e. The van der Waals surface area contributed by atoms with Gasteiger partial charge in [0, 0.05) is 38.3 Å². The maximum atomic E-state index is 12.0. The Morgan fingerprint density at radius 3 is 2.31 bits per heavy atom. The van der Waals surface area contributed by atoms with Crippen LogP contribution in [0.15, 0.2) is 0 Å². The highest BCUT2D eigenvalue weighted by molar-refractivity contribution is 7.91. The molecule has 0 spiro atoms. The van der Waals surface area contributed by atoms with Crippen molar-refractivity contribution >= 4 is 9.84 Å². The molecule has 5 fully saturated rings. The summed E-state index contributed by atoms with van der Waals surface area (Å²) in [5.41, 5.74) is 3.96. The van der Waals surface area contributed by atoms with Crippen LogP contribution in [0.2, 0.25) is 0 Å². The maximum absolute atomic E-state index is 12.0. The molecular formula is C25H46N4O2S. The van der Waals surface area contributed by atoms with Gasteiger partial charge in [0.2, 0.25) is 0 Å².